The second-order valence-electron chi connectivity index (χ2n) is 4.90. The lowest BCUT2D eigenvalue weighted by molar-refractivity contribution is 0.546. The average molecular weight is 300 g/mol. The molecule has 0 spiro atoms. The first kappa shape index (κ1) is 12.9. The van der Waals surface area contributed by atoms with Gasteiger partial charge in [-0.1, -0.05) is 35.2 Å². The Balaban J connectivity index is 2.24. The number of halogens is 1. The Kier molecular flexibility index (Phi) is 4.48. The van der Waals surface area contributed by atoms with Crippen LogP contribution >= 0.6 is 15.9 Å². The van der Waals surface area contributed by atoms with E-state index >= 15 is 0 Å². The van der Waals surface area contributed by atoms with E-state index in [1.807, 2.05) is 4.68 Å². The van der Waals surface area contributed by atoms with Crippen LogP contribution in [0, 0.1) is 6.92 Å². The molecule has 17 heavy (non-hydrogen) atoms. The van der Waals surface area contributed by atoms with E-state index in [0.29, 0.717) is 0 Å². The summed E-state index contributed by atoms with van der Waals surface area (Å²) < 4.78 is 2.05. The quantitative estimate of drug-likeness (QED) is 0.781. The van der Waals surface area contributed by atoms with Gasteiger partial charge in [-0.15, -0.1) is 0 Å². The van der Waals surface area contributed by atoms with E-state index < -0.39 is 0 Å². The van der Waals surface area contributed by atoms with Gasteiger partial charge < -0.3 is 4.90 Å². The molecule has 0 aliphatic carbocycles. The largest absolute Gasteiger partial charge is 0.357 e. The third-order valence-corrected chi connectivity index (χ3v) is 4.16. The van der Waals surface area contributed by atoms with Gasteiger partial charge in [0, 0.05) is 31.0 Å². The van der Waals surface area contributed by atoms with E-state index in [1.54, 1.807) is 0 Å². The zero-order valence-corrected chi connectivity index (χ0v) is 12.5. The van der Waals surface area contributed by atoms with Crippen LogP contribution in [0.4, 0.5) is 5.82 Å². The summed E-state index contributed by atoms with van der Waals surface area (Å²) in [5, 5.41) is 5.46. The second kappa shape index (κ2) is 5.89. The monoisotopic (exact) mass is 299 g/mol. The maximum absolute atomic E-state index is 4.56. The molecule has 0 atom stereocenters. The molecule has 2 heterocycles. The van der Waals surface area contributed by atoms with Gasteiger partial charge in [0.25, 0.3) is 0 Å². The van der Waals surface area contributed by atoms with Crippen LogP contribution in [0.15, 0.2) is 0 Å². The molecule has 0 N–H and O–H groups in total. The third-order valence-electron chi connectivity index (χ3n) is 3.60. The summed E-state index contributed by atoms with van der Waals surface area (Å²) in [6.45, 7) is 4.46. The summed E-state index contributed by atoms with van der Waals surface area (Å²) >= 11 is 3.59. The van der Waals surface area contributed by atoms with Gasteiger partial charge in [-0.25, -0.2) is 0 Å². The van der Waals surface area contributed by atoms with Crippen molar-refractivity contribution in [1.82, 2.24) is 9.78 Å². The van der Waals surface area contributed by atoms with Gasteiger partial charge in [0.2, 0.25) is 0 Å². The molecule has 96 valence electrons. The Bertz CT molecular complexity index is 365. The minimum absolute atomic E-state index is 0.901. The van der Waals surface area contributed by atoms with Crippen LogP contribution in [0.5, 0.6) is 0 Å². The number of rotatable bonds is 2. The predicted molar refractivity (Wildman–Crippen MR) is 75.9 cm³/mol. The topological polar surface area (TPSA) is 21.1 Å². The van der Waals surface area contributed by atoms with Gasteiger partial charge in [-0.2, -0.15) is 5.10 Å². The molecule has 1 aromatic rings. The van der Waals surface area contributed by atoms with Crippen molar-refractivity contribution in [3.05, 3.63) is 11.3 Å². The Morgan fingerprint density at radius 1 is 1.12 bits per heavy atom. The van der Waals surface area contributed by atoms with E-state index in [2.05, 4.69) is 39.9 Å². The Hall–Kier alpha value is -0.510. The smallest absolute Gasteiger partial charge is 0.130 e. The van der Waals surface area contributed by atoms with Gasteiger partial charge in [0.15, 0.2) is 0 Å². The maximum atomic E-state index is 4.56. The summed E-state index contributed by atoms with van der Waals surface area (Å²) in [6.07, 6.45) is 6.77. The highest BCUT2D eigenvalue weighted by Gasteiger charge is 2.18. The molecule has 0 aromatic carbocycles. The highest BCUT2D eigenvalue weighted by atomic mass is 79.9. The molecule has 2 rings (SSSR count). The number of aryl methyl sites for hydroxylation is 2. The molecule has 1 aliphatic heterocycles. The first-order valence-corrected chi connectivity index (χ1v) is 7.69. The van der Waals surface area contributed by atoms with E-state index in [-0.39, 0.29) is 0 Å². The lowest BCUT2D eigenvalue weighted by atomic mass is 10.1. The first-order chi connectivity index (χ1) is 8.24. The van der Waals surface area contributed by atoms with Gasteiger partial charge in [-0.3, -0.25) is 4.68 Å². The van der Waals surface area contributed by atoms with Crippen LogP contribution in [0.3, 0.4) is 0 Å². The Labute approximate surface area is 112 Å². The third kappa shape index (κ3) is 2.84. The summed E-state index contributed by atoms with van der Waals surface area (Å²) in [4.78, 5) is 2.52. The van der Waals surface area contributed by atoms with Gasteiger partial charge in [0.1, 0.15) is 5.82 Å². The number of nitrogens with zero attached hydrogens (tertiary/aromatic N) is 3. The molecule has 0 radical (unpaired) electrons. The molecule has 4 heteroatoms. The fraction of sp³-hybridized carbons (Fsp3) is 0.769. The molecular formula is C13H22BrN3. The summed E-state index contributed by atoms with van der Waals surface area (Å²) in [5.41, 5.74) is 2.51. The Morgan fingerprint density at radius 2 is 1.71 bits per heavy atom. The molecule has 0 saturated carbocycles. The molecule has 1 saturated heterocycles. The van der Waals surface area contributed by atoms with Crippen LogP contribution in [0.25, 0.3) is 0 Å². The predicted octanol–water partition coefficient (Wildman–Crippen LogP) is 3.39. The van der Waals surface area contributed by atoms with Crippen molar-refractivity contribution in [1.29, 1.82) is 0 Å². The van der Waals surface area contributed by atoms with Crippen LogP contribution in [-0.2, 0) is 12.4 Å². The maximum Gasteiger partial charge on any atom is 0.130 e. The number of hydrogen-bond donors (Lipinski definition) is 0. The van der Waals surface area contributed by atoms with Gasteiger partial charge >= 0.3 is 0 Å². The summed E-state index contributed by atoms with van der Waals surface area (Å²) in [6, 6.07) is 0. The first-order valence-electron chi connectivity index (χ1n) is 6.57. The SMILES string of the molecule is Cc1nn(C)c(N2CCCCCCC2)c1CBr. The average Bonchev–Trinajstić information content (AvgIpc) is 2.53. The summed E-state index contributed by atoms with van der Waals surface area (Å²) in [5.74, 6) is 1.32. The van der Waals surface area contributed by atoms with Crippen LogP contribution in [0.2, 0.25) is 0 Å². The van der Waals surface area contributed by atoms with Crippen molar-refractivity contribution in [2.45, 2.75) is 44.4 Å². The highest BCUT2D eigenvalue weighted by Crippen LogP contribution is 2.27. The van der Waals surface area contributed by atoms with E-state index in [9.17, 15) is 0 Å². The zero-order chi connectivity index (χ0) is 12.3. The molecule has 3 nitrogen and oxygen atoms in total. The van der Waals surface area contributed by atoms with Crippen LogP contribution in [-0.4, -0.2) is 22.9 Å². The lowest BCUT2D eigenvalue weighted by Gasteiger charge is -2.27. The molecule has 1 aromatic heterocycles. The van der Waals surface area contributed by atoms with E-state index in [4.69, 9.17) is 0 Å². The Morgan fingerprint density at radius 3 is 2.29 bits per heavy atom. The van der Waals surface area contributed by atoms with Crippen molar-refractivity contribution in [2.24, 2.45) is 7.05 Å². The second-order valence-corrected chi connectivity index (χ2v) is 5.46. The fourth-order valence-electron chi connectivity index (χ4n) is 2.70. The normalized spacial score (nSPS) is 17.9. The molecule has 1 aliphatic rings. The molecule has 0 unspecified atom stereocenters. The van der Waals surface area contributed by atoms with Gasteiger partial charge in [0.05, 0.1) is 5.69 Å². The van der Waals surface area contributed by atoms with Crippen molar-refractivity contribution in [2.75, 3.05) is 18.0 Å². The summed E-state index contributed by atoms with van der Waals surface area (Å²) in [7, 11) is 2.06. The lowest BCUT2D eigenvalue weighted by Crippen LogP contribution is -2.29. The molecule has 0 bridgehead atoms. The van der Waals surface area contributed by atoms with Crippen molar-refractivity contribution in [3.63, 3.8) is 0 Å². The fourth-order valence-corrected chi connectivity index (χ4v) is 3.36. The molecule has 0 amide bonds. The highest BCUT2D eigenvalue weighted by molar-refractivity contribution is 9.08. The van der Waals surface area contributed by atoms with Crippen LogP contribution in [0.1, 0.15) is 43.4 Å². The van der Waals surface area contributed by atoms with Crippen LogP contribution < -0.4 is 4.90 Å². The zero-order valence-electron chi connectivity index (χ0n) is 10.9. The number of anilines is 1. The minimum atomic E-state index is 0.901. The van der Waals surface area contributed by atoms with Crippen molar-refractivity contribution < 1.29 is 0 Å². The molecular weight excluding hydrogens is 278 g/mol. The van der Waals surface area contributed by atoms with Crippen molar-refractivity contribution in [3.8, 4) is 0 Å². The number of aromatic nitrogens is 2. The van der Waals surface area contributed by atoms with Gasteiger partial charge in [-0.05, 0) is 19.8 Å². The van der Waals surface area contributed by atoms with E-state index in [0.717, 1.165) is 11.0 Å². The minimum Gasteiger partial charge on any atom is -0.357 e. The number of alkyl halides is 1. The standard InChI is InChI=1S/C13H22BrN3/c1-11-12(10-14)13(16(2)15-11)17-8-6-4-3-5-7-9-17/h3-10H2,1-2H3. The number of hydrogen-bond acceptors (Lipinski definition) is 2. The van der Waals surface area contributed by atoms with E-state index in [1.165, 1.54) is 56.6 Å². The molecule has 1 fully saturated rings. The van der Waals surface area contributed by atoms with Crippen molar-refractivity contribution >= 4 is 21.7 Å².